The molecule has 2 rings (SSSR count). The van der Waals surface area contributed by atoms with Crippen LogP contribution in [0.5, 0.6) is 5.75 Å². The first-order valence-corrected chi connectivity index (χ1v) is 7.23. The van der Waals surface area contributed by atoms with E-state index < -0.39 is 0 Å². The largest absolute Gasteiger partial charge is 0.490 e. The quantitative estimate of drug-likeness (QED) is 0.871. The van der Waals surface area contributed by atoms with Gasteiger partial charge in [0, 0.05) is 11.6 Å². The molecule has 2 nitrogen and oxygen atoms in total. The zero-order chi connectivity index (χ0) is 13.0. The first kappa shape index (κ1) is 13.4. The molecule has 1 saturated carbocycles. The van der Waals surface area contributed by atoms with Gasteiger partial charge in [0.15, 0.2) is 0 Å². The molecule has 0 heterocycles. The molecule has 18 heavy (non-hydrogen) atoms. The molecule has 100 valence electrons. The second-order valence-electron chi connectivity index (χ2n) is 5.44. The number of benzene rings is 1. The third-order valence-corrected chi connectivity index (χ3v) is 4.05. The zero-order valence-corrected chi connectivity index (χ0v) is 11.6. The van der Waals surface area contributed by atoms with E-state index in [4.69, 9.17) is 10.5 Å². The fraction of sp³-hybridized carbons (Fsp3) is 0.625. The number of rotatable bonds is 4. The van der Waals surface area contributed by atoms with Crippen molar-refractivity contribution in [2.75, 3.05) is 0 Å². The predicted octanol–water partition coefficient (Wildman–Crippen LogP) is 4.05. The van der Waals surface area contributed by atoms with Crippen LogP contribution in [0.15, 0.2) is 24.3 Å². The molecule has 2 unspecified atom stereocenters. The SMILES string of the molecule is CCC1CCCCC1Oc1ccccc1[C@@H](C)N. The summed E-state index contributed by atoms with van der Waals surface area (Å²) < 4.78 is 6.27. The van der Waals surface area contributed by atoms with Crippen molar-refractivity contribution in [3.63, 3.8) is 0 Å². The third kappa shape index (κ3) is 3.05. The molecule has 2 N–H and O–H groups in total. The summed E-state index contributed by atoms with van der Waals surface area (Å²) in [6.07, 6.45) is 6.73. The van der Waals surface area contributed by atoms with Gasteiger partial charge < -0.3 is 10.5 Å². The Morgan fingerprint density at radius 2 is 2.00 bits per heavy atom. The molecule has 3 atom stereocenters. The number of hydrogen-bond donors (Lipinski definition) is 1. The number of para-hydroxylation sites is 1. The van der Waals surface area contributed by atoms with E-state index in [0.717, 1.165) is 11.3 Å². The van der Waals surface area contributed by atoms with Crippen LogP contribution in [0, 0.1) is 5.92 Å². The Bertz CT molecular complexity index is 375. The molecule has 1 aromatic rings. The molecule has 1 aliphatic carbocycles. The van der Waals surface area contributed by atoms with Crippen LogP contribution < -0.4 is 10.5 Å². The van der Waals surface area contributed by atoms with Crippen LogP contribution in [-0.4, -0.2) is 6.10 Å². The van der Waals surface area contributed by atoms with Crippen molar-refractivity contribution in [2.45, 2.75) is 58.1 Å². The Hall–Kier alpha value is -1.02. The topological polar surface area (TPSA) is 35.2 Å². The normalized spacial score (nSPS) is 25.7. The van der Waals surface area contributed by atoms with E-state index in [0.29, 0.717) is 12.0 Å². The Morgan fingerprint density at radius 1 is 1.28 bits per heavy atom. The van der Waals surface area contributed by atoms with Gasteiger partial charge in [-0.2, -0.15) is 0 Å². The highest BCUT2D eigenvalue weighted by atomic mass is 16.5. The Balaban J connectivity index is 2.12. The van der Waals surface area contributed by atoms with Gasteiger partial charge in [-0.25, -0.2) is 0 Å². The van der Waals surface area contributed by atoms with Gasteiger partial charge in [-0.1, -0.05) is 31.5 Å². The number of nitrogens with two attached hydrogens (primary N) is 1. The minimum atomic E-state index is 0.0323. The van der Waals surface area contributed by atoms with E-state index in [1.807, 2.05) is 19.1 Å². The summed E-state index contributed by atoms with van der Waals surface area (Å²) in [5, 5.41) is 0. The predicted molar refractivity (Wildman–Crippen MR) is 75.7 cm³/mol. The van der Waals surface area contributed by atoms with E-state index >= 15 is 0 Å². The average molecular weight is 247 g/mol. The van der Waals surface area contributed by atoms with E-state index in [1.54, 1.807) is 0 Å². The molecule has 1 aliphatic rings. The average Bonchev–Trinajstić information content (AvgIpc) is 2.40. The van der Waals surface area contributed by atoms with E-state index in [1.165, 1.54) is 32.1 Å². The fourth-order valence-corrected chi connectivity index (χ4v) is 2.92. The van der Waals surface area contributed by atoms with Gasteiger partial charge in [0.1, 0.15) is 11.9 Å². The van der Waals surface area contributed by atoms with Crippen molar-refractivity contribution in [3.05, 3.63) is 29.8 Å². The van der Waals surface area contributed by atoms with E-state index in [-0.39, 0.29) is 6.04 Å². The molecule has 0 amide bonds. The number of hydrogen-bond acceptors (Lipinski definition) is 2. The third-order valence-electron chi connectivity index (χ3n) is 4.05. The van der Waals surface area contributed by atoms with Crippen LogP contribution in [0.1, 0.15) is 57.6 Å². The first-order chi connectivity index (χ1) is 8.72. The van der Waals surface area contributed by atoms with Crippen molar-refractivity contribution < 1.29 is 4.74 Å². The van der Waals surface area contributed by atoms with Crippen molar-refractivity contribution in [3.8, 4) is 5.75 Å². The maximum atomic E-state index is 6.27. The van der Waals surface area contributed by atoms with Gasteiger partial charge in [-0.15, -0.1) is 0 Å². The van der Waals surface area contributed by atoms with Gasteiger partial charge >= 0.3 is 0 Å². The second-order valence-corrected chi connectivity index (χ2v) is 5.44. The van der Waals surface area contributed by atoms with Crippen molar-refractivity contribution in [1.29, 1.82) is 0 Å². The minimum Gasteiger partial charge on any atom is -0.490 e. The molecule has 0 spiro atoms. The fourth-order valence-electron chi connectivity index (χ4n) is 2.92. The Morgan fingerprint density at radius 3 is 2.72 bits per heavy atom. The minimum absolute atomic E-state index is 0.0323. The molecular weight excluding hydrogens is 222 g/mol. The Kier molecular flexibility index (Phi) is 4.65. The van der Waals surface area contributed by atoms with Crippen LogP contribution in [0.3, 0.4) is 0 Å². The zero-order valence-electron chi connectivity index (χ0n) is 11.6. The lowest BCUT2D eigenvalue weighted by atomic mass is 9.84. The first-order valence-electron chi connectivity index (χ1n) is 7.23. The number of ether oxygens (including phenoxy) is 1. The van der Waals surface area contributed by atoms with Crippen LogP contribution in [0.4, 0.5) is 0 Å². The summed E-state index contributed by atoms with van der Waals surface area (Å²) >= 11 is 0. The van der Waals surface area contributed by atoms with Crippen molar-refractivity contribution in [2.24, 2.45) is 11.7 Å². The maximum Gasteiger partial charge on any atom is 0.124 e. The van der Waals surface area contributed by atoms with E-state index in [2.05, 4.69) is 19.1 Å². The molecule has 0 radical (unpaired) electrons. The van der Waals surface area contributed by atoms with Gasteiger partial charge in [0.05, 0.1) is 0 Å². The smallest absolute Gasteiger partial charge is 0.124 e. The standard InChI is InChI=1S/C16H25NO/c1-3-13-8-4-6-10-15(13)18-16-11-7-5-9-14(16)12(2)17/h5,7,9,11-13,15H,3-4,6,8,10,17H2,1-2H3/t12-,13?,15?/m1/s1. The van der Waals surface area contributed by atoms with Gasteiger partial charge in [0.2, 0.25) is 0 Å². The molecule has 0 bridgehead atoms. The lowest BCUT2D eigenvalue weighted by molar-refractivity contribution is 0.0891. The van der Waals surface area contributed by atoms with E-state index in [9.17, 15) is 0 Å². The van der Waals surface area contributed by atoms with Crippen LogP contribution >= 0.6 is 0 Å². The summed E-state index contributed by atoms with van der Waals surface area (Å²) in [6, 6.07) is 8.23. The van der Waals surface area contributed by atoms with Crippen molar-refractivity contribution >= 4 is 0 Å². The van der Waals surface area contributed by atoms with Crippen LogP contribution in [-0.2, 0) is 0 Å². The molecule has 0 aliphatic heterocycles. The monoisotopic (exact) mass is 247 g/mol. The molecule has 2 heteroatoms. The second kappa shape index (κ2) is 6.24. The van der Waals surface area contributed by atoms with Gasteiger partial charge in [-0.05, 0) is 44.6 Å². The van der Waals surface area contributed by atoms with Crippen molar-refractivity contribution in [1.82, 2.24) is 0 Å². The summed E-state index contributed by atoms with van der Waals surface area (Å²) in [7, 11) is 0. The lowest BCUT2D eigenvalue weighted by Crippen LogP contribution is -2.30. The molecule has 0 aromatic heterocycles. The highest BCUT2D eigenvalue weighted by Crippen LogP contribution is 2.32. The summed E-state index contributed by atoms with van der Waals surface area (Å²) in [4.78, 5) is 0. The van der Waals surface area contributed by atoms with Crippen LogP contribution in [0.25, 0.3) is 0 Å². The highest BCUT2D eigenvalue weighted by molar-refractivity contribution is 5.35. The molecule has 1 fully saturated rings. The van der Waals surface area contributed by atoms with Gasteiger partial charge in [0.25, 0.3) is 0 Å². The molecule has 1 aromatic carbocycles. The van der Waals surface area contributed by atoms with Crippen LogP contribution in [0.2, 0.25) is 0 Å². The Labute approximate surface area is 111 Å². The molecular formula is C16H25NO. The summed E-state index contributed by atoms with van der Waals surface area (Å²) in [5.74, 6) is 1.69. The molecule has 0 saturated heterocycles. The summed E-state index contributed by atoms with van der Waals surface area (Å²) in [6.45, 7) is 4.28. The van der Waals surface area contributed by atoms with Gasteiger partial charge in [-0.3, -0.25) is 0 Å². The summed E-state index contributed by atoms with van der Waals surface area (Å²) in [5.41, 5.74) is 7.13. The lowest BCUT2D eigenvalue weighted by Gasteiger charge is -2.32. The maximum absolute atomic E-state index is 6.27. The highest BCUT2D eigenvalue weighted by Gasteiger charge is 2.26.